The highest BCUT2D eigenvalue weighted by Gasteiger charge is 2.31. The van der Waals surface area contributed by atoms with Gasteiger partial charge in [0.2, 0.25) is 0 Å². The van der Waals surface area contributed by atoms with Gasteiger partial charge in [-0.05, 0) is 42.0 Å². The van der Waals surface area contributed by atoms with Crippen LogP contribution in [0.4, 0.5) is 18.9 Å². The van der Waals surface area contributed by atoms with Gasteiger partial charge in [0, 0.05) is 16.3 Å². The van der Waals surface area contributed by atoms with Crippen molar-refractivity contribution in [1.82, 2.24) is 0 Å². The third-order valence-electron chi connectivity index (χ3n) is 3.22. The summed E-state index contributed by atoms with van der Waals surface area (Å²) in [6.07, 6.45) is -4.36. The van der Waals surface area contributed by atoms with Crippen LogP contribution in [0, 0.1) is 0 Å². The fraction of sp³-hybridized carbons (Fsp3) is 0.133. The van der Waals surface area contributed by atoms with Crippen LogP contribution in [0.25, 0.3) is 0 Å². The second kappa shape index (κ2) is 5.07. The molecule has 3 rings (SSSR count). The predicted molar refractivity (Wildman–Crippen MR) is 76.8 cm³/mol. The van der Waals surface area contributed by atoms with Crippen LogP contribution < -0.4 is 5.32 Å². The van der Waals surface area contributed by atoms with Gasteiger partial charge in [-0.25, -0.2) is 0 Å². The van der Waals surface area contributed by atoms with Gasteiger partial charge < -0.3 is 5.32 Å². The Morgan fingerprint density at radius 1 is 1.05 bits per heavy atom. The van der Waals surface area contributed by atoms with Crippen molar-refractivity contribution in [3.8, 4) is 0 Å². The molecule has 1 heterocycles. The number of nitrogens with one attached hydrogen (secondary N) is 1. The molecule has 0 saturated carbocycles. The summed E-state index contributed by atoms with van der Waals surface area (Å²) >= 11 is 5.82. The van der Waals surface area contributed by atoms with Gasteiger partial charge in [0.25, 0.3) is 0 Å². The Kier molecular flexibility index (Phi) is 3.37. The lowest BCUT2D eigenvalue weighted by Gasteiger charge is -2.20. The Labute approximate surface area is 124 Å². The second-order valence-electron chi connectivity index (χ2n) is 4.67. The molecule has 0 bridgehead atoms. The van der Waals surface area contributed by atoms with Crippen LogP contribution in [0.1, 0.15) is 16.7 Å². The highest BCUT2D eigenvalue weighted by Crippen LogP contribution is 2.33. The number of benzene rings is 2. The summed E-state index contributed by atoms with van der Waals surface area (Å²) in [5.74, 6) is 0.540. The molecule has 1 aliphatic heterocycles. The summed E-state index contributed by atoms with van der Waals surface area (Å²) in [5, 5.41) is 3.54. The quantitative estimate of drug-likeness (QED) is 0.809. The number of hydrogen-bond acceptors (Lipinski definition) is 2. The van der Waals surface area contributed by atoms with E-state index in [4.69, 9.17) is 11.6 Å². The highest BCUT2D eigenvalue weighted by molar-refractivity contribution is 6.30. The van der Waals surface area contributed by atoms with Crippen molar-refractivity contribution in [3.05, 3.63) is 64.2 Å². The minimum atomic E-state index is -4.36. The van der Waals surface area contributed by atoms with Crippen LogP contribution in [0.5, 0.6) is 0 Å². The Hall–Kier alpha value is -2.01. The van der Waals surface area contributed by atoms with Gasteiger partial charge in [0.05, 0.1) is 12.1 Å². The number of alkyl halides is 3. The Balaban J connectivity index is 1.92. The Morgan fingerprint density at radius 3 is 2.43 bits per heavy atom. The first-order valence-corrected chi connectivity index (χ1v) is 6.59. The number of rotatable bonds is 1. The van der Waals surface area contributed by atoms with E-state index in [0.29, 0.717) is 23.1 Å². The fourth-order valence-electron chi connectivity index (χ4n) is 2.11. The number of fused-ring (bicyclic) bond motifs is 1. The maximum absolute atomic E-state index is 12.7. The largest absolute Gasteiger partial charge is 0.416 e. The van der Waals surface area contributed by atoms with Crippen molar-refractivity contribution in [2.45, 2.75) is 12.7 Å². The number of aliphatic imine (C=N–C) groups is 1. The SMILES string of the molecule is FC(F)(F)c1ccc2c(c1)NC(c1ccc(Cl)cc1)=NC2. The Bertz CT molecular complexity index is 706. The lowest BCUT2D eigenvalue weighted by Crippen LogP contribution is -2.19. The van der Waals surface area contributed by atoms with Crippen LogP contribution in [-0.2, 0) is 12.7 Å². The summed E-state index contributed by atoms with van der Waals surface area (Å²) in [6, 6.07) is 10.6. The van der Waals surface area contributed by atoms with Crippen LogP contribution in [0.2, 0.25) is 5.02 Å². The van der Waals surface area contributed by atoms with Crippen molar-refractivity contribution in [1.29, 1.82) is 0 Å². The van der Waals surface area contributed by atoms with E-state index in [1.54, 1.807) is 24.3 Å². The van der Waals surface area contributed by atoms with E-state index in [1.165, 1.54) is 6.07 Å². The van der Waals surface area contributed by atoms with Crippen LogP contribution in [0.15, 0.2) is 47.5 Å². The zero-order valence-corrected chi connectivity index (χ0v) is 11.5. The zero-order chi connectivity index (χ0) is 15.0. The van der Waals surface area contributed by atoms with Gasteiger partial charge in [0.1, 0.15) is 5.84 Å². The highest BCUT2D eigenvalue weighted by atomic mass is 35.5. The molecule has 1 aliphatic rings. The van der Waals surface area contributed by atoms with E-state index in [-0.39, 0.29) is 0 Å². The average molecular weight is 311 g/mol. The maximum Gasteiger partial charge on any atom is 0.416 e. The third kappa shape index (κ3) is 2.88. The van der Waals surface area contributed by atoms with Crippen molar-refractivity contribution in [2.24, 2.45) is 4.99 Å². The molecule has 0 spiro atoms. The van der Waals surface area contributed by atoms with Crippen molar-refractivity contribution in [2.75, 3.05) is 5.32 Å². The van der Waals surface area contributed by atoms with E-state index >= 15 is 0 Å². The van der Waals surface area contributed by atoms with E-state index in [2.05, 4.69) is 10.3 Å². The average Bonchev–Trinajstić information content (AvgIpc) is 2.46. The molecule has 0 amide bonds. The molecule has 2 aromatic rings. The lowest BCUT2D eigenvalue weighted by molar-refractivity contribution is -0.137. The molecule has 0 atom stereocenters. The fourth-order valence-corrected chi connectivity index (χ4v) is 2.24. The first-order valence-electron chi connectivity index (χ1n) is 6.21. The van der Waals surface area contributed by atoms with Gasteiger partial charge in [-0.3, -0.25) is 4.99 Å². The van der Waals surface area contributed by atoms with Gasteiger partial charge in [-0.2, -0.15) is 13.2 Å². The van der Waals surface area contributed by atoms with E-state index in [9.17, 15) is 13.2 Å². The molecule has 108 valence electrons. The number of anilines is 1. The summed E-state index contributed by atoms with van der Waals surface area (Å²) in [6.45, 7) is 0.346. The number of hydrogen-bond donors (Lipinski definition) is 1. The predicted octanol–water partition coefficient (Wildman–Crippen LogP) is 4.73. The van der Waals surface area contributed by atoms with E-state index < -0.39 is 11.7 Å². The minimum Gasteiger partial charge on any atom is -0.340 e. The molecule has 0 aliphatic carbocycles. The van der Waals surface area contributed by atoms with Crippen molar-refractivity contribution in [3.63, 3.8) is 0 Å². The smallest absolute Gasteiger partial charge is 0.340 e. The third-order valence-corrected chi connectivity index (χ3v) is 3.47. The van der Waals surface area contributed by atoms with Crippen molar-refractivity contribution < 1.29 is 13.2 Å². The summed E-state index contributed by atoms with van der Waals surface area (Å²) < 4.78 is 38.2. The first kappa shape index (κ1) is 13.9. The van der Waals surface area contributed by atoms with E-state index in [0.717, 1.165) is 23.3 Å². The van der Waals surface area contributed by atoms with Gasteiger partial charge in [-0.1, -0.05) is 17.7 Å². The number of amidine groups is 1. The monoisotopic (exact) mass is 310 g/mol. The second-order valence-corrected chi connectivity index (χ2v) is 5.10. The lowest BCUT2D eigenvalue weighted by atomic mass is 10.1. The molecule has 0 fully saturated rings. The molecular formula is C15H10ClF3N2. The molecule has 2 aromatic carbocycles. The van der Waals surface area contributed by atoms with Crippen LogP contribution in [-0.4, -0.2) is 5.84 Å². The van der Waals surface area contributed by atoms with Crippen molar-refractivity contribution >= 4 is 23.1 Å². The number of halogens is 4. The molecular weight excluding hydrogens is 301 g/mol. The maximum atomic E-state index is 12.7. The number of nitrogens with zero attached hydrogens (tertiary/aromatic N) is 1. The first-order chi connectivity index (χ1) is 9.93. The summed E-state index contributed by atoms with van der Waals surface area (Å²) in [4.78, 5) is 4.34. The molecule has 1 N–H and O–H groups in total. The van der Waals surface area contributed by atoms with Crippen LogP contribution in [0.3, 0.4) is 0 Å². The minimum absolute atomic E-state index is 0.346. The molecule has 0 radical (unpaired) electrons. The van der Waals surface area contributed by atoms with Gasteiger partial charge in [-0.15, -0.1) is 0 Å². The Morgan fingerprint density at radius 2 is 1.76 bits per heavy atom. The molecule has 0 saturated heterocycles. The molecule has 0 aromatic heterocycles. The normalized spacial score (nSPS) is 14.2. The van der Waals surface area contributed by atoms with Gasteiger partial charge >= 0.3 is 6.18 Å². The standard InChI is InChI=1S/C15H10ClF3N2/c16-12-5-2-9(3-6-12)14-20-8-10-1-4-11(15(17,18)19)7-13(10)21-14/h1-7H,8H2,(H,20,21). The van der Waals surface area contributed by atoms with Crippen LogP contribution >= 0.6 is 11.6 Å². The zero-order valence-electron chi connectivity index (χ0n) is 10.7. The topological polar surface area (TPSA) is 24.4 Å². The molecule has 6 heteroatoms. The van der Waals surface area contributed by atoms with E-state index in [1.807, 2.05) is 0 Å². The summed E-state index contributed by atoms with van der Waals surface area (Å²) in [7, 11) is 0. The molecule has 2 nitrogen and oxygen atoms in total. The molecule has 0 unspecified atom stereocenters. The molecule has 21 heavy (non-hydrogen) atoms. The summed E-state index contributed by atoms with van der Waals surface area (Å²) in [5.41, 5.74) is 1.28. The van der Waals surface area contributed by atoms with Gasteiger partial charge in [0.15, 0.2) is 0 Å².